The smallest absolute Gasteiger partial charge is 0.135 e. The van der Waals surface area contributed by atoms with Crippen LogP contribution in [0.2, 0.25) is 0 Å². The number of anilines is 1. The van der Waals surface area contributed by atoms with Crippen LogP contribution in [-0.2, 0) is 11.3 Å². The molecule has 1 N–H and O–H groups in total. The number of aromatic nitrogens is 2. The second kappa shape index (κ2) is 6.31. The van der Waals surface area contributed by atoms with E-state index < -0.39 is 0 Å². The molecule has 5 heteroatoms. The molecule has 0 amide bonds. The molecule has 1 aromatic rings. The topological polar surface area (TPSA) is 47.0 Å². The normalized spacial score (nSPS) is 24.8. The second-order valence-electron chi connectivity index (χ2n) is 4.69. The van der Waals surface area contributed by atoms with Gasteiger partial charge in [0.25, 0.3) is 0 Å². The summed E-state index contributed by atoms with van der Waals surface area (Å²) in [6, 6.07) is 0. The Kier molecular flexibility index (Phi) is 4.74. The van der Waals surface area contributed by atoms with E-state index in [-0.39, 0.29) is 0 Å². The summed E-state index contributed by atoms with van der Waals surface area (Å²) in [5.74, 6) is 0.679. The number of hydrogen-bond acceptors (Lipinski definition) is 5. The molecule has 0 saturated heterocycles. The number of nitrogens with one attached hydrogen (secondary N) is 1. The fourth-order valence-electron chi connectivity index (χ4n) is 2.31. The van der Waals surface area contributed by atoms with Crippen molar-refractivity contribution in [2.24, 2.45) is 5.92 Å². The van der Waals surface area contributed by atoms with E-state index in [4.69, 9.17) is 4.74 Å². The molecule has 4 nitrogen and oxygen atoms in total. The molecule has 1 aliphatic carbocycles. The quantitative estimate of drug-likeness (QED) is 0.878. The van der Waals surface area contributed by atoms with Gasteiger partial charge >= 0.3 is 0 Å². The van der Waals surface area contributed by atoms with Crippen LogP contribution in [0.25, 0.3) is 0 Å². The Labute approximate surface area is 107 Å². The molecule has 2 atom stereocenters. The minimum absolute atomic E-state index is 0.403. The van der Waals surface area contributed by atoms with Gasteiger partial charge in [0, 0.05) is 18.1 Å². The first-order chi connectivity index (χ1) is 8.31. The molecule has 96 valence electrons. The average Bonchev–Trinajstić information content (AvgIpc) is 2.76. The van der Waals surface area contributed by atoms with Crippen LogP contribution in [0.5, 0.6) is 0 Å². The van der Waals surface area contributed by atoms with E-state index in [0.29, 0.717) is 18.6 Å². The zero-order valence-corrected chi connectivity index (χ0v) is 11.4. The molecule has 1 fully saturated rings. The third kappa shape index (κ3) is 3.39. The largest absolute Gasteiger partial charge is 0.374 e. The highest BCUT2D eigenvalue weighted by atomic mass is 32.1. The summed E-state index contributed by atoms with van der Waals surface area (Å²) < 4.78 is 9.96. The van der Waals surface area contributed by atoms with Crippen molar-refractivity contribution in [2.75, 3.05) is 11.9 Å². The highest BCUT2D eigenvalue weighted by Crippen LogP contribution is 2.28. The van der Waals surface area contributed by atoms with Crippen LogP contribution in [-0.4, -0.2) is 22.2 Å². The van der Waals surface area contributed by atoms with E-state index in [2.05, 4.69) is 28.8 Å². The zero-order chi connectivity index (χ0) is 12.1. The van der Waals surface area contributed by atoms with Gasteiger partial charge in [-0.15, -0.1) is 5.10 Å². The highest BCUT2D eigenvalue weighted by Gasteiger charge is 2.22. The first-order valence-electron chi connectivity index (χ1n) is 6.48. The molecule has 17 heavy (non-hydrogen) atoms. The minimum atomic E-state index is 0.403. The second-order valence-corrected chi connectivity index (χ2v) is 5.44. The van der Waals surface area contributed by atoms with Crippen LogP contribution < -0.4 is 5.32 Å². The molecule has 1 saturated carbocycles. The predicted molar refractivity (Wildman–Crippen MR) is 70.3 cm³/mol. The van der Waals surface area contributed by atoms with Gasteiger partial charge in [-0.05, 0) is 25.7 Å². The maximum Gasteiger partial charge on any atom is 0.135 e. The molecule has 1 heterocycles. The van der Waals surface area contributed by atoms with Gasteiger partial charge in [0.1, 0.15) is 10.7 Å². The van der Waals surface area contributed by atoms with Crippen molar-refractivity contribution in [3.05, 3.63) is 5.69 Å². The summed E-state index contributed by atoms with van der Waals surface area (Å²) in [6.45, 7) is 5.85. The van der Waals surface area contributed by atoms with Gasteiger partial charge in [0.05, 0.1) is 12.7 Å². The Morgan fingerprint density at radius 3 is 3.00 bits per heavy atom. The summed E-state index contributed by atoms with van der Waals surface area (Å²) in [4.78, 5) is 0. The first kappa shape index (κ1) is 12.8. The third-order valence-corrected chi connectivity index (χ3v) is 4.09. The van der Waals surface area contributed by atoms with E-state index in [0.717, 1.165) is 17.2 Å². The fourth-order valence-corrected chi connectivity index (χ4v) is 2.95. The van der Waals surface area contributed by atoms with Crippen molar-refractivity contribution in [3.63, 3.8) is 0 Å². The van der Waals surface area contributed by atoms with Crippen molar-refractivity contribution >= 4 is 16.5 Å². The van der Waals surface area contributed by atoms with Gasteiger partial charge in [-0.25, -0.2) is 0 Å². The fraction of sp³-hybridized carbons (Fsp3) is 0.833. The van der Waals surface area contributed by atoms with Crippen molar-refractivity contribution < 1.29 is 4.74 Å². The zero-order valence-electron chi connectivity index (χ0n) is 10.6. The molecule has 1 aromatic heterocycles. The molecule has 1 aliphatic rings. The molecule has 0 bridgehead atoms. The maximum atomic E-state index is 5.99. The number of rotatable bonds is 5. The molecular weight excluding hydrogens is 234 g/mol. The molecule has 2 unspecified atom stereocenters. The van der Waals surface area contributed by atoms with E-state index in [1.807, 2.05) is 0 Å². The maximum absolute atomic E-state index is 5.99. The van der Waals surface area contributed by atoms with Crippen molar-refractivity contribution in [3.8, 4) is 0 Å². The van der Waals surface area contributed by atoms with Crippen LogP contribution in [0.15, 0.2) is 0 Å². The van der Waals surface area contributed by atoms with Crippen molar-refractivity contribution in [1.29, 1.82) is 0 Å². The van der Waals surface area contributed by atoms with Gasteiger partial charge < -0.3 is 10.1 Å². The third-order valence-electron chi connectivity index (χ3n) is 3.36. The Bertz CT molecular complexity index is 342. The van der Waals surface area contributed by atoms with Gasteiger partial charge in [-0.2, -0.15) is 0 Å². The number of ether oxygens (including phenoxy) is 1. The van der Waals surface area contributed by atoms with Gasteiger partial charge in [0.15, 0.2) is 0 Å². The lowest BCUT2D eigenvalue weighted by Gasteiger charge is -2.28. The summed E-state index contributed by atoms with van der Waals surface area (Å²) in [5, 5.41) is 8.45. The standard InChI is InChI=1S/C12H21N3OS/c1-3-13-12-10(14-15-17-12)8-16-11-7-5-4-6-9(11)2/h9,11,13H,3-8H2,1-2H3. The lowest BCUT2D eigenvalue weighted by molar-refractivity contribution is -0.0165. The Morgan fingerprint density at radius 2 is 2.24 bits per heavy atom. The van der Waals surface area contributed by atoms with Crippen molar-refractivity contribution in [1.82, 2.24) is 9.59 Å². The van der Waals surface area contributed by atoms with Crippen molar-refractivity contribution in [2.45, 2.75) is 52.2 Å². The van der Waals surface area contributed by atoms with Gasteiger partial charge in [0.2, 0.25) is 0 Å². The highest BCUT2D eigenvalue weighted by molar-refractivity contribution is 7.10. The Morgan fingerprint density at radius 1 is 1.41 bits per heavy atom. The summed E-state index contributed by atoms with van der Waals surface area (Å²) in [6.07, 6.45) is 5.53. The van der Waals surface area contributed by atoms with Crippen LogP contribution in [0.3, 0.4) is 0 Å². The molecule has 0 aromatic carbocycles. The molecule has 0 spiro atoms. The minimum Gasteiger partial charge on any atom is -0.374 e. The monoisotopic (exact) mass is 255 g/mol. The number of nitrogens with zero attached hydrogens (tertiary/aromatic N) is 2. The molecule has 0 aliphatic heterocycles. The van der Waals surface area contributed by atoms with E-state index >= 15 is 0 Å². The SMILES string of the molecule is CCNc1snnc1COC1CCCCC1C. The van der Waals surface area contributed by atoms with Crippen LogP contribution in [0.1, 0.15) is 45.2 Å². The summed E-state index contributed by atoms with van der Waals surface area (Å²) in [5.41, 5.74) is 0.953. The molecule has 0 radical (unpaired) electrons. The van der Waals surface area contributed by atoms with E-state index in [1.54, 1.807) is 0 Å². The average molecular weight is 255 g/mol. The van der Waals surface area contributed by atoms with E-state index in [9.17, 15) is 0 Å². The first-order valence-corrected chi connectivity index (χ1v) is 7.25. The predicted octanol–water partition coefficient (Wildman–Crippen LogP) is 3.07. The van der Waals surface area contributed by atoms with Crippen LogP contribution in [0.4, 0.5) is 5.00 Å². The van der Waals surface area contributed by atoms with Crippen LogP contribution >= 0.6 is 11.5 Å². The van der Waals surface area contributed by atoms with E-state index in [1.165, 1.54) is 37.2 Å². The Hall–Kier alpha value is -0.680. The molecular formula is C12H21N3OS. The number of hydrogen-bond donors (Lipinski definition) is 1. The van der Waals surface area contributed by atoms with Gasteiger partial charge in [-0.1, -0.05) is 24.3 Å². The molecule has 2 rings (SSSR count). The lowest BCUT2D eigenvalue weighted by atomic mass is 9.88. The van der Waals surface area contributed by atoms with Crippen LogP contribution in [0, 0.1) is 5.92 Å². The summed E-state index contributed by atoms with van der Waals surface area (Å²) >= 11 is 1.41. The Balaban J connectivity index is 1.86. The lowest BCUT2D eigenvalue weighted by Crippen LogP contribution is -2.25. The summed E-state index contributed by atoms with van der Waals surface area (Å²) in [7, 11) is 0. The van der Waals surface area contributed by atoms with Gasteiger partial charge in [-0.3, -0.25) is 0 Å².